The van der Waals surface area contributed by atoms with Crippen LogP contribution in [0.2, 0.25) is 0 Å². The van der Waals surface area contributed by atoms with Gasteiger partial charge >= 0.3 is 5.97 Å². The molecular weight excluding hydrogens is 248 g/mol. The van der Waals surface area contributed by atoms with Crippen LogP contribution >= 0.6 is 0 Å². The Bertz CT molecular complexity index is 453. The van der Waals surface area contributed by atoms with Gasteiger partial charge in [-0.05, 0) is 24.1 Å². The second-order valence-electron chi connectivity index (χ2n) is 3.77. The molecule has 0 aromatic heterocycles. The van der Waals surface area contributed by atoms with Gasteiger partial charge in [-0.25, -0.2) is 0 Å². The van der Waals surface area contributed by atoms with Crippen molar-refractivity contribution in [3.63, 3.8) is 0 Å². The number of rotatable bonds is 4. The van der Waals surface area contributed by atoms with E-state index >= 15 is 0 Å². The van der Waals surface area contributed by atoms with E-state index in [1.165, 1.54) is 0 Å². The number of hydrogen-bond donors (Lipinski definition) is 1. The third-order valence-corrected chi connectivity index (χ3v) is 2.40. The molecule has 0 unspecified atom stereocenters. The molecule has 0 fully saturated rings. The molecule has 0 bridgehead atoms. The smallest absolute Gasteiger partial charge is 0.303 e. The first-order valence-electron chi connectivity index (χ1n) is 5.91. The molecule has 0 saturated heterocycles. The fraction of sp³-hybridized carbons (Fsp3) is 0.357. The molecule has 0 atom stereocenters. The first-order chi connectivity index (χ1) is 9.12. The second kappa shape index (κ2) is 7.31. The molecule has 104 valence electrons. The molecule has 1 aromatic carbocycles. The van der Waals surface area contributed by atoms with Crippen molar-refractivity contribution in [2.75, 3.05) is 13.9 Å². The van der Waals surface area contributed by atoms with E-state index in [9.17, 15) is 4.79 Å². The number of carboxylic acid groups (broad SMARTS) is 1. The van der Waals surface area contributed by atoms with E-state index in [0.29, 0.717) is 5.75 Å². The van der Waals surface area contributed by atoms with E-state index in [0.717, 1.165) is 23.5 Å². The summed E-state index contributed by atoms with van der Waals surface area (Å²) in [5, 5.41) is 7.72. The van der Waals surface area contributed by atoms with Gasteiger partial charge in [-0.3, -0.25) is 4.79 Å². The van der Waals surface area contributed by atoms with Crippen molar-refractivity contribution >= 4 is 5.97 Å². The predicted molar refractivity (Wildman–Crippen MR) is 70.9 cm³/mol. The van der Waals surface area contributed by atoms with Crippen LogP contribution < -0.4 is 14.2 Å². The van der Waals surface area contributed by atoms with Crippen molar-refractivity contribution in [2.45, 2.75) is 19.8 Å². The van der Waals surface area contributed by atoms with Crippen molar-refractivity contribution in [3.8, 4) is 17.2 Å². The first-order valence-corrected chi connectivity index (χ1v) is 5.91. The van der Waals surface area contributed by atoms with Crippen LogP contribution in [0, 0.1) is 0 Å². The number of methoxy groups -OCH3 is 1. The van der Waals surface area contributed by atoms with Gasteiger partial charge in [0.1, 0.15) is 0 Å². The molecule has 1 aliphatic rings. The molecule has 1 aromatic rings. The highest BCUT2D eigenvalue weighted by atomic mass is 16.7. The van der Waals surface area contributed by atoms with Gasteiger partial charge in [-0.15, -0.1) is 6.58 Å². The Morgan fingerprint density at radius 3 is 2.74 bits per heavy atom. The van der Waals surface area contributed by atoms with Gasteiger partial charge in [0.05, 0.1) is 7.11 Å². The Morgan fingerprint density at radius 2 is 2.21 bits per heavy atom. The zero-order valence-corrected chi connectivity index (χ0v) is 11.1. The fourth-order valence-corrected chi connectivity index (χ4v) is 1.47. The number of hydrogen-bond acceptors (Lipinski definition) is 4. The van der Waals surface area contributed by atoms with Crippen LogP contribution in [0.25, 0.3) is 0 Å². The summed E-state index contributed by atoms with van der Waals surface area (Å²) in [5.41, 5.74) is 1.11. The summed E-state index contributed by atoms with van der Waals surface area (Å²) in [4.78, 5) is 9.37. The Labute approximate surface area is 112 Å². The van der Waals surface area contributed by atoms with Crippen molar-refractivity contribution in [2.24, 2.45) is 0 Å². The molecular formula is C14H18O5. The number of ether oxygens (including phenoxy) is 3. The lowest BCUT2D eigenvalue weighted by molar-refractivity contribution is -0.136. The molecule has 5 heteroatoms. The van der Waals surface area contributed by atoms with E-state index in [-0.39, 0.29) is 13.2 Å². The van der Waals surface area contributed by atoms with Crippen LogP contribution in [0.1, 0.15) is 18.9 Å². The van der Waals surface area contributed by atoms with Crippen LogP contribution in [-0.2, 0) is 11.2 Å². The molecule has 0 spiro atoms. The van der Waals surface area contributed by atoms with Crippen molar-refractivity contribution in [1.29, 1.82) is 0 Å². The van der Waals surface area contributed by atoms with Gasteiger partial charge in [0.2, 0.25) is 12.5 Å². The molecule has 1 aliphatic heterocycles. The maximum absolute atomic E-state index is 9.37. The summed E-state index contributed by atoms with van der Waals surface area (Å²) in [6, 6.07) is 3.89. The Morgan fingerprint density at radius 1 is 1.53 bits per heavy atom. The summed E-state index contributed by atoms with van der Waals surface area (Å²) in [5.74, 6) is 1.42. The summed E-state index contributed by atoms with van der Waals surface area (Å²) in [6.45, 7) is 5.56. The van der Waals surface area contributed by atoms with Gasteiger partial charge in [0.15, 0.2) is 11.5 Å². The largest absolute Gasteiger partial charge is 0.493 e. The lowest BCUT2D eigenvalue weighted by atomic mass is 10.1. The SMILES string of the molecule is C=CCc1cc(OC)c2c(c1)OCO2.CCC(=O)O. The van der Waals surface area contributed by atoms with Crippen LogP contribution in [0.15, 0.2) is 24.8 Å². The third-order valence-electron chi connectivity index (χ3n) is 2.40. The highest BCUT2D eigenvalue weighted by molar-refractivity contribution is 5.66. The molecule has 1 heterocycles. The summed E-state index contributed by atoms with van der Waals surface area (Å²) in [6.07, 6.45) is 2.87. The highest BCUT2D eigenvalue weighted by Crippen LogP contribution is 2.41. The Hall–Kier alpha value is -2.17. The zero-order valence-electron chi connectivity index (χ0n) is 11.1. The molecule has 19 heavy (non-hydrogen) atoms. The average molecular weight is 266 g/mol. The number of fused-ring (bicyclic) bond motifs is 1. The van der Waals surface area contributed by atoms with Gasteiger partial charge in [0.25, 0.3) is 0 Å². The zero-order chi connectivity index (χ0) is 14.3. The standard InChI is InChI=1S/C11H12O3.C3H6O2/c1-3-4-8-5-9(12-2)11-10(6-8)13-7-14-11;1-2-3(4)5/h3,5-6H,1,4,7H2,2H3;2H2,1H3,(H,4,5). The van der Waals surface area contributed by atoms with E-state index in [4.69, 9.17) is 19.3 Å². The number of benzene rings is 1. The lowest BCUT2D eigenvalue weighted by Gasteiger charge is -2.06. The molecule has 0 radical (unpaired) electrons. The van der Waals surface area contributed by atoms with E-state index in [2.05, 4.69) is 6.58 Å². The minimum atomic E-state index is -0.745. The van der Waals surface area contributed by atoms with Crippen molar-refractivity contribution in [3.05, 3.63) is 30.4 Å². The maximum Gasteiger partial charge on any atom is 0.303 e. The van der Waals surface area contributed by atoms with Gasteiger partial charge in [-0.2, -0.15) is 0 Å². The quantitative estimate of drug-likeness (QED) is 0.849. The second-order valence-corrected chi connectivity index (χ2v) is 3.77. The van der Waals surface area contributed by atoms with Crippen LogP contribution in [0.3, 0.4) is 0 Å². The van der Waals surface area contributed by atoms with E-state index in [1.807, 2.05) is 18.2 Å². The van der Waals surface area contributed by atoms with Crippen molar-refractivity contribution in [1.82, 2.24) is 0 Å². The maximum atomic E-state index is 9.37. The minimum Gasteiger partial charge on any atom is -0.493 e. The summed E-state index contributed by atoms with van der Waals surface area (Å²) >= 11 is 0. The molecule has 1 N–H and O–H groups in total. The topological polar surface area (TPSA) is 65.0 Å². The summed E-state index contributed by atoms with van der Waals surface area (Å²) in [7, 11) is 1.62. The van der Waals surface area contributed by atoms with E-state index in [1.54, 1.807) is 14.0 Å². The predicted octanol–water partition coefficient (Wildman–Crippen LogP) is 2.63. The molecule has 2 rings (SSSR count). The monoisotopic (exact) mass is 266 g/mol. The van der Waals surface area contributed by atoms with Crippen LogP contribution in [0.4, 0.5) is 0 Å². The van der Waals surface area contributed by atoms with Gasteiger partial charge < -0.3 is 19.3 Å². The molecule has 0 saturated carbocycles. The molecule has 0 amide bonds. The average Bonchev–Trinajstić information content (AvgIpc) is 2.87. The van der Waals surface area contributed by atoms with Crippen LogP contribution in [0.5, 0.6) is 17.2 Å². The van der Waals surface area contributed by atoms with Gasteiger partial charge in [0, 0.05) is 6.42 Å². The lowest BCUT2D eigenvalue weighted by Crippen LogP contribution is -1.93. The Balaban J connectivity index is 0.000000312. The minimum absolute atomic E-state index is 0.222. The number of allylic oxidation sites excluding steroid dienone is 1. The molecule has 0 aliphatic carbocycles. The van der Waals surface area contributed by atoms with Gasteiger partial charge in [-0.1, -0.05) is 13.0 Å². The third kappa shape index (κ3) is 4.21. The Kier molecular flexibility index (Phi) is 5.73. The first kappa shape index (κ1) is 14.9. The highest BCUT2D eigenvalue weighted by Gasteiger charge is 2.19. The fourth-order valence-electron chi connectivity index (χ4n) is 1.47. The van der Waals surface area contributed by atoms with E-state index < -0.39 is 5.97 Å². The summed E-state index contributed by atoms with van der Waals surface area (Å²) < 4.78 is 15.8. The normalized spacial score (nSPS) is 11.3. The molecule has 5 nitrogen and oxygen atoms in total. The van der Waals surface area contributed by atoms with Crippen molar-refractivity contribution < 1.29 is 24.1 Å². The number of aliphatic carboxylic acids is 1. The number of carbonyl (C=O) groups is 1. The van der Waals surface area contributed by atoms with Crippen LogP contribution in [-0.4, -0.2) is 25.0 Å². The number of carboxylic acids is 1.